The summed E-state index contributed by atoms with van der Waals surface area (Å²) >= 11 is 1.34. The van der Waals surface area contributed by atoms with Gasteiger partial charge >= 0.3 is 0 Å². The van der Waals surface area contributed by atoms with E-state index in [4.69, 9.17) is 4.74 Å². The van der Waals surface area contributed by atoms with E-state index in [9.17, 15) is 9.18 Å². The summed E-state index contributed by atoms with van der Waals surface area (Å²) in [6, 6.07) is 7.70. The number of thioether (sulfide) groups is 1. The summed E-state index contributed by atoms with van der Waals surface area (Å²) in [6.07, 6.45) is 1.74. The Bertz CT molecular complexity index is 1020. The lowest BCUT2D eigenvalue weighted by molar-refractivity contribution is 0.102. The Kier molecular flexibility index (Phi) is 6.53. The second-order valence-electron chi connectivity index (χ2n) is 6.60. The maximum atomic E-state index is 13.0. The molecule has 2 heterocycles. The van der Waals surface area contributed by atoms with Crippen LogP contribution < -0.4 is 4.74 Å². The first-order valence-electron chi connectivity index (χ1n) is 9.11. The van der Waals surface area contributed by atoms with Crippen molar-refractivity contribution in [1.29, 1.82) is 0 Å². The predicted octanol–water partition coefficient (Wildman–Crippen LogP) is 4.11. The van der Waals surface area contributed by atoms with Gasteiger partial charge in [-0.3, -0.25) is 9.36 Å². The van der Waals surface area contributed by atoms with Crippen LogP contribution in [0.1, 0.15) is 27.6 Å². The Morgan fingerprint density at radius 1 is 1.28 bits per heavy atom. The van der Waals surface area contributed by atoms with Gasteiger partial charge in [0, 0.05) is 30.5 Å². The highest BCUT2D eigenvalue weighted by molar-refractivity contribution is 7.99. The fourth-order valence-corrected chi connectivity index (χ4v) is 3.72. The van der Waals surface area contributed by atoms with Crippen molar-refractivity contribution in [3.8, 4) is 5.75 Å². The van der Waals surface area contributed by atoms with E-state index in [2.05, 4.69) is 16.8 Å². The third-order valence-corrected chi connectivity index (χ3v) is 5.66. The molecule has 6 nitrogen and oxygen atoms in total. The maximum Gasteiger partial charge on any atom is 0.192 e. The van der Waals surface area contributed by atoms with Gasteiger partial charge in [0.05, 0.1) is 5.75 Å². The Hall–Kier alpha value is -2.87. The summed E-state index contributed by atoms with van der Waals surface area (Å²) in [5.74, 6) is 1.14. The van der Waals surface area contributed by atoms with Crippen LogP contribution in [0.5, 0.6) is 5.75 Å². The molecule has 0 amide bonds. The number of halogens is 1. The van der Waals surface area contributed by atoms with Crippen molar-refractivity contribution >= 4 is 17.5 Å². The number of benzene rings is 1. The first-order valence-corrected chi connectivity index (χ1v) is 10.1. The van der Waals surface area contributed by atoms with Crippen LogP contribution in [-0.4, -0.2) is 30.9 Å². The summed E-state index contributed by atoms with van der Waals surface area (Å²) in [5.41, 5.74) is 2.73. The SMILES string of the molecule is C=CCn1c(COc2ccc(F)cc2)nnc1SCC(=O)c1cc(C)n(C)c1C. The third kappa shape index (κ3) is 4.76. The highest BCUT2D eigenvalue weighted by Crippen LogP contribution is 2.22. The lowest BCUT2D eigenvalue weighted by Gasteiger charge is -2.09. The number of hydrogen-bond donors (Lipinski definition) is 0. The van der Waals surface area contributed by atoms with E-state index in [1.165, 1.54) is 23.9 Å². The lowest BCUT2D eigenvalue weighted by atomic mass is 10.2. The van der Waals surface area contributed by atoms with E-state index >= 15 is 0 Å². The lowest BCUT2D eigenvalue weighted by Crippen LogP contribution is -2.09. The number of allylic oxidation sites excluding steroid dienone is 1. The van der Waals surface area contributed by atoms with Crippen molar-refractivity contribution in [2.45, 2.75) is 32.2 Å². The number of nitrogens with zero attached hydrogens (tertiary/aromatic N) is 4. The molecule has 0 saturated carbocycles. The first kappa shape index (κ1) is 20.9. The molecule has 0 aliphatic carbocycles. The standard InChI is InChI=1S/C21H23FN4O2S/c1-5-10-26-20(12-28-17-8-6-16(22)7-9-17)23-24-21(26)29-13-19(27)18-11-14(2)25(4)15(18)3/h5-9,11H,1,10,12-13H2,2-4H3. The van der Waals surface area contributed by atoms with E-state index in [-0.39, 0.29) is 24.0 Å². The summed E-state index contributed by atoms with van der Waals surface area (Å²) in [5, 5.41) is 9.01. The number of aromatic nitrogens is 4. The van der Waals surface area contributed by atoms with Crippen LogP contribution in [0.3, 0.4) is 0 Å². The monoisotopic (exact) mass is 414 g/mol. The highest BCUT2D eigenvalue weighted by Gasteiger charge is 2.17. The van der Waals surface area contributed by atoms with Crippen molar-refractivity contribution in [2.24, 2.45) is 7.05 Å². The largest absolute Gasteiger partial charge is 0.486 e. The van der Waals surface area contributed by atoms with E-state index in [1.807, 2.05) is 36.1 Å². The molecule has 8 heteroatoms. The zero-order valence-electron chi connectivity index (χ0n) is 16.7. The average Bonchev–Trinajstić information content (AvgIpc) is 3.21. The molecule has 0 bridgehead atoms. The average molecular weight is 415 g/mol. The molecule has 0 N–H and O–H groups in total. The highest BCUT2D eigenvalue weighted by atomic mass is 32.2. The molecule has 3 aromatic rings. The van der Waals surface area contributed by atoms with Gasteiger partial charge in [-0.2, -0.15) is 0 Å². The topological polar surface area (TPSA) is 61.9 Å². The van der Waals surface area contributed by atoms with Crippen LogP contribution in [0.15, 0.2) is 48.1 Å². The molecule has 29 heavy (non-hydrogen) atoms. The van der Waals surface area contributed by atoms with E-state index < -0.39 is 0 Å². The summed E-state index contributed by atoms with van der Waals surface area (Å²) in [6.45, 7) is 8.37. The van der Waals surface area contributed by atoms with Gasteiger partial charge in [0.15, 0.2) is 16.8 Å². The molecule has 0 saturated heterocycles. The van der Waals surface area contributed by atoms with Crippen LogP contribution in [0.25, 0.3) is 0 Å². The number of Topliss-reactive ketones (excluding diaryl/α,β-unsaturated/α-hetero) is 1. The van der Waals surface area contributed by atoms with Crippen molar-refractivity contribution in [3.05, 3.63) is 71.6 Å². The van der Waals surface area contributed by atoms with Gasteiger partial charge in [-0.1, -0.05) is 17.8 Å². The van der Waals surface area contributed by atoms with Crippen molar-refractivity contribution in [2.75, 3.05) is 5.75 Å². The molecule has 0 aliphatic heterocycles. The number of carbonyl (C=O) groups is 1. The summed E-state index contributed by atoms with van der Waals surface area (Å²) < 4.78 is 22.5. The Labute approximate surface area is 173 Å². The molecule has 0 unspecified atom stereocenters. The fraction of sp³-hybridized carbons (Fsp3) is 0.286. The summed E-state index contributed by atoms with van der Waals surface area (Å²) in [7, 11) is 1.95. The van der Waals surface area contributed by atoms with E-state index in [0.717, 1.165) is 17.0 Å². The Balaban J connectivity index is 1.69. The minimum Gasteiger partial charge on any atom is -0.486 e. The molecule has 0 spiro atoms. The van der Waals surface area contributed by atoms with Gasteiger partial charge in [0.1, 0.15) is 18.2 Å². The second-order valence-corrected chi connectivity index (χ2v) is 7.54. The molecular weight excluding hydrogens is 391 g/mol. The molecule has 1 aromatic carbocycles. The van der Waals surface area contributed by atoms with E-state index in [0.29, 0.717) is 23.3 Å². The van der Waals surface area contributed by atoms with Crippen LogP contribution in [0.4, 0.5) is 4.39 Å². The zero-order chi connectivity index (χ0) is 21.0. The normalized spacial score (nSPS) is 10.9. The van der Waals surface area contributed by atoms with Gasteiger partial charge in [-0.25, -0.2) is 4.39 Å². The molecule has 0 atom stereocenters. The summed E-state index contributed by atoms with van der Waals surface area (Å²) in [4.78, 5) is 12.7. The molecule has 0 fully saturated rings. The quantitative estimate of drug-likeness (QED) is 0.300. The van der Waals surface area contributed by atoms with Crippen LogP contribution in [0.2, 0.25) is 0 Å². The van der Waals surface area contributed by atoms with Crippen molar-refractivity contribution in [1.82, 2.24) is 19.3 Å². The number of rotatable bonds is 9. The Morgan fingerprint density at radius 2 is 2.00 bits per heavy atom. The van der Waals surface area contributed by atoms with Crippen LogP contribution in [-0.2, 0) is 20.2 Å². The molecule has 2 aromatic heterocycles. The Morgan fingerprint density at radius 3 is 2.62 bits per heavy atom. The third-order valence-electron chi connectivity index (χ3n) is 4.69. The zero-order valence-corrected chi connectivity index (χ0v) is 17.5. The number of hydrogen-bond acceptors (Lipinski definition) is 5. The minimum atomic E-state index is -0.320. The molecule has 3 rings (SSSR count). The van der Waals surface area contributed by atoms with Gasteiger partial charge in [-0.15, -0.1) is 16.8 Å². The molecule has 0 aliphatic rings. The minimum absolute atomic E-state index is 0.0495. The first-order chi connectivity index (χ1) is 13.9. The van der Waals surface area contributed by atoms with Gasteiger partial charge in [-0.05, 0) is 44.2 Å². The number of ether oxygens (including phenoxy) is 1. The second kappa shape index (κ2) is 9.09. The maximum absolute atomic E-state index is 13.0. The smallest absolute Gasteiger partial charge is 0.192 e. The van der Waals surface area contributed by atoms with Gasteiger partial charge < -0.3 is 9.30 Å². The van der Waals surface area contributed by atoms with Crippen molar-refractivity contribution in [3.63, 3.8) is 0 Å². The number of carbonyl (C=O) groups excluding carboxylic acids is 1. The fourth-order valence-electron chi connectivity index (χ4n) is 2.87. The van der Waals surface area contributed by atoms with Crippen molar-refractivity contribution < 1.29 is 13.9 Å². The van der Waals surface area contributed by atoms with Crippen LogP contribution >= 0.6 is 11.8 Å². The number of aryl methyl sites for hydroxylation is 1. The van der Waals surface area contributed by atoms with Gasteiger partial charge in [0.25, 0.3) is 0 Å². The number of ketones is 1. The molecular formula is C21H23FN4O2S. The molecule has 0 radical (unpaired) electrons. The van der Waals surface area contributed by atoms with Crippen LogP contribution in [0, 0.1) is 19.7 Å². The van der Waals surface area contributed by atoms with E-state index in [1.54, 1.807) is 18.2 Å². The molecule has 152 valence electrons. The van der Waals surface area contributed by atoms with Gasteiger partial charge in [0.2, 0.25) is 0 Å². The predicted molar refractivity (Wildman–Crippen MR) is 111 cm³/mol.